The Kier molecular flexibility index (Phi) is 3.35. The van der Waals surface area contributed by atoms with E-state index >= 15 is 0 Å². The third-order valence-electron chi connectivity index (χ3n) is 2.81. The number of alkyl halides is 2. The van der Waals surface area contributed by atoms with Gasteiger partial charge in [0.2, 0.25) is 0 Å². The summed E-state index contributed by atoms with van der Waals surface area (Å²) in [6.45, 7) is 0. The Morgan fingerprint density at radius 2 is 1.95 bits per heavy atom. The average Bonchev–Trinajstić information content (AvgIpc) is 2.97. The van der Waals surface area contributed by atoms with E-state index in [9.17, 15) is 23.7 Å². The molecule has 0 aliphatic heterocycles. The summed E-state index contributed by atoms with van der Waals surface area (Å²) in [6.07, 6.45) is 1.89. The quantitative estimate of drug-likeness (QED) is 0.368. The number of halogens is 2. The normalized spacial score (nSPS) is 16.4. The number of carbonyl (C=O) groups is 1. The molecule has 1 aromatic rings. The molecule has 0 spiro atoms. The highest BCUT2D eigenvalue weighted by atomic mass is 19.3. The predicted molar refractivity (Wildman–Crippen MR) is 66.1 cm³/mol. The zero-order valence-electron chi connectivity index (χ0n) is 10.3. The minimum Gasteiger partial charge on any atom is -0.466 e. The van der Waals surface area contributed by atoms with Crippen LogP contribution in [0.15, 0.2) is 42.0 Å². The molecule has 0 N–H and O–H groups in total. The van der Waals surface area contributed by atoms with Crippen LogP contribution in [0.25, 0.3) is 5.57 Å². The van der Waals surface area contributed by atoms with E-state index in [-0.39, 0.29) is 22.4 Å². The summed E-state index contributed by atoms with van der Waals surface area (Å²) in [5.74, 6) is -3.86. The Bertz CT molecular complexity index is 632. The van der Waals surface area contributed by atoms with Gasteiger partial charge in [0.05, 0.1) is 12.0 Å². The maximum absolute atomic E-state index is 13.5. The van der Waals surface area contributed by atoms with Gasteiger partial charge in [-0.1, -0.05) is 0 Å². The van der Waals surface area contributed by atoms with Crippen LogP contribution in [0.1, 0.15) is 5.56 Å². The Hall–Kier alpha value is -2.57. The number of ether oxygens (including phenoxy) is 1. The van der Waals surface area contributed by atoms with Crippen molar-refractivity contribution in [2.24, 2.45) is 0 Å². The van der Waals surface area contributed by atoms with E-state index in [1.165, 1.54) is 12.1 Å². The van der Waals surface area contributed by atoms with Gasteiger partial charge in [0.25, 0.3) is 11.6 Å². The molecule has 104 valence electrons. The Morgan fingerprint density at radius 3 is 2.45 bits per heavy atom. The number of esters is 1. The van der Waals surface area contributed by atoms with Gasteiger partial charge in [-0.3, -0.25) is 10.1 Å². The second-order valence-electron chi connectivity index (χ2n) is 4.02. The number of methoxy groups -OCH3 is 1. The van der Waals surface area contributed by atoms with Crippen molar-refractivity contribution in [2.75, 3.05) is 7.11 Å². The molecule has 0 atom stereocenters. The number of allylic oxidation sites excluding steroid dienone is 3. The Morgan fingerprint density at radius 1 is 1.35 bits per heavy atom. The summed E-state index contributed by atoms with van der Waals surface area (Å²) in [5, 5.41) is 10.5. The molecule has 0 saturated heterocycles. The minimum atomic E-state index is -3.12. The number of nitro benzene ring substituents is 1. The number of nitro groups is 1. The van der Waals surface area contributed by atoms with Crippen molar-refractivity contribution in [1.82, 2.24) is 0 Å². The van der Waals surface area contributed by atoms with Gasteiger partial charge in [-0.25, -0.2) is 4.79 Å². The largest absolute Gasteiger partial charge is 0.466 e. The average molecular weight is 281 g/mol. The van der Waals surface area contributed by atoms with Crippen molar-refractivity contribution >= 4 is 17.2 Å². The monoisotopic (exact) mass is 281 g/mol. The predicted octanol–water partition coefficient (Wildman–Crippen LogP) is 2.73. The lowest BCUT2D eigenvalue weighted by molar-refractivity contribution is -0.384. The molecule has 1 aliphatic rings. The Balaban J connectivity index is 2.27. The first-order valence-corrected chi connectivity index (χ1v) is 5.52. The number of carbonyl (C=O) groups excluding carboxylic acids is 1. The number of hydrogen-bond acceptors (Lipinski definition) is 4. The van der Waals surface area contributed by atoms with Crippen molar-refractivity contribution in [3.05, 3.63) is 57.7 Å². The van der Waals surface area contributed by atoms with E-state index in [0.29, 0.717) is 0 Å². The first-order valence-electron chi connectivity index (χ1n) is 5.52. The van der Waals surface area contributed by atoms with Crippen LogP contribution in [-0.4, -0.2) is 23.9 Å². The van der Waals surface area contributed by atoms with Crippen molar-refractivity contribution < 1.29 is 23.2 Å². The van der Waals surface area contributed by atoms with Gasteiger partial charge in [0, 0.05) is 29.4 Å². The van der Waals surface area contributed by atoms with Crippen LogP contribution in [0.2, 0.25) is 0 Å². The number of rotatable bonds is 4. The summed E-state index contributed by atoms with van der Waals surface area (Å²) in [5.41, 5.74) is -0.528. The molecule has 0 fully saturated rings. The zero-order valence-corrected chi connectivity index (χ0v) is 10.3. The van der Waals surface area contributed by atoms with Crippen LogP contribution in [0, 0.1) is 10.1 Å². The molecule has 1 aliphatic carbocycles. The zero-order chi connectivity index (χ0) is 14.9. The molecule has 7 heteroatoms. The van der Waals surface area contributed by atoms with E-state index in [1.54, 1.807) is 0 Å². The van der Waals surface area contributed by atoms with E-state index in [1.807, 2.05) is 0 Å². The van der Waals surface area contributed by atoms with Gasteiger partial charge in [-0.05, 0) is 23.8 Å². The summed E-state index contributed by atoms with van der Waals surface area (Å²) in [4.78, 5) is 20.7. The van der Waals surface area contributed by atoms with E-state index in [2.05, 4.69) is 4.74 Å². The van der Waals surface area contributed by atoms with E-state index in [0.717, 1.165) is 31.4 Å². The first kappa shape index (κ1) is 13.9. The molecule has 0 heterocycles. The first-order chi connectivity index (χ1) is 9.37. The highest BCUT2D eigenvalue weighted by Crippen LogP contribution is 2.55. The summed E-state index contributed by atoms with van der Waals surface area (Å²) >= 11 is 0. The summed E-state index contributed by atoms with van der Waals surface area (Å²) in [7, 11) is 1.14. The maximum atomic E-state index is 13.5. The third-order valence-corrected chi connectivity index (χ3v) is 2.81. The van der Waals surface area contributed by atoms with Crippen LogP contribution in [0.3, 0.4) is 0 Å². The molecule has 2 rings (SSSR count). The fourth-order valence-electron chi connectivity index (χ4n) is 1.75. The van der Waals surface area contributed by atoms with Crippen LogP contribution < -0.4 is 0 Å². The minimum absolute atomic E-state index is 0.176. The summed E-state index contributed by atoms with van der Waals surface area (Å²) < 4.78 is 31.4. The third kappa shape index (κ3) is 2.42. The van der Waals surface area contributed by atoms with Crippen molar-refractivity contribution in [3.63, 3.8) is 0 Å². The second kappa shape index (κ2) is 4.84. The summed E-state index contributed by atoms with van der Waals surface area (Å²) in [6, 6.07) is 4.80. The van der Waals surface area contributed by atoms with E-state index in [4.69, 9.17) is 0 Å². The molecule has 20 heavy (non-hydrogen) atoms. The maximum Gasteiger partial charge on any atom is 0.330 e. The lowest BCUT2D eigenvalue weighted by atomic mass is 10.1. The highest BCUT2D eigenvalue weighted by Gasteiger charge is 2.55. The molecule has 0 radical (unpaired) electrons. The number of non-ortho nitro benzene ring substituents is 1. The van der Waals surface area contributed by atoms with Crippen molar-refractivity contribution in [1.29, 1.82) is 0 Å². The van der Waals surface area contributed by atoms with E-state index < -0.39 is 16.8 Å². The number of benzene rings is 1. The van der Waals surface area contributed by atoms with Crippen LogP contribution in [-0.2, 0) is 9.53 Å². The molecule has 1 aromatic carbocycles. The van der Waals surface area contributed by atoms with Crippen molar-refractivity contribution in [2.45, 2.75) is 5.92 Å². The molecular weight excluding hydrogens is 272 g/mol. The molecule has 0 bridgehead atoms. The Labute approximate surface area is 112 Å². The van der Waals surface area contributed by atoms with Crippen molar-refractivity contribution in [3.8, 4) is 0 Å². The molecule has 0 unspecified atom stereocenters. The molecule has 5 nitrogen and oxygen atoms in total. The lowest BCUT2D eigenvalue weighted by Gasteiger charge is -1.97. The number of hydrogen-bond donors (Lipinski definition) is 0. The van der Waals surface area contributed by atoms with Gasteiger partial charge < -0.3 is 4.74 Å². The number of nitrogens with zero attached hydrogens (tertiary/aromatic N) is 1. The molecule has 0 saturated carbocycles. The van der Waals surface area contributed by atoms with Gasteiger partial charge in [0.15, 0.2) is 0 Å². The van der Waals surface area contributed by atoms with Crippen LogP contribution in [0.4, 0.5) is 14.5 Å². The van der Waals surface area contributed by atoms with Crippen LogP contribution >= 0.6 is 0 Å². The fourth-order valence-corrected chi connectivity index (χ4v) is 1.75. The fraction of sp³-hybridized carbons (Fsp3) is 0.154. The second-order valence-corrected chi connectivity index (χ2v) is 4.02. The lowest BCUT2D eigenvalue weighted by Crippen LogP contribution is -1.98. The van der Waals surface area contributed by atoms with Gasteiger partial charge >= 0.3 is 5.97 Å². The van der Waals surface area contributed by atoms with Crippen LogP contribution in [0.5, 0.6) is 0 Å². The van der Waals surface area contributed by atoms with Gasteiger partial charge in [-0.2, -0.15) is 8.78 Å². The molecular formula is C13H9F2NO4. The van der Waals surface area contributed by atoms with Gasteiger partial charge in [0.1, 0.15) is 0 Å². The SMILES string of the molecule is COC(=O)/C=C/C1=C(c2ccc([N+](=O)[O-])cc2)C1(F)F. The highest BCUT2D eigenvalue weighted by molar-refractivity contribution is 5.95. The smallest absolute Gasteiger partial charge is 0.330 e. The van der Waals surface area contributed by atoms with Gasteiger partial charge in [-0.15, -0.1) is 0 Å². The standard InChI is InChI=1S/C13H9F2NO4/c1-20-11(17)7-6-10-12(13(10,14)15)8-2-4-9(5-3-8)16(18)19/h2-7H,1H3/b7-6+. The molecule has 0 aromatic heterocycles. The topological polar surface area (TPSA) is 69.4 Å². The molecule has 0 amide bonds.